The van der Waals surface area contributed by atoms with Crippen molar-refractivity contribution in [2.24, 2.45) is 5.73 Å². The molecule has 0 bridgehead atoms. The van der Waals surface area contributed by atoms with Gasteiger partial charge in [0.15, 0.2) is 5.78 Å². The molecule has 24 heavy (non-hydrogen) atoms. The molecule has 128 valence electrons. The van der Waals surface area contributed by atoms with E-state index in [1.807, 2.05) is 0 Å². The fourth-order valence-corrected chi connectivity index (χ4v) is 2.07. The number of hydrogen-bond acceptors (Lipinski definition) is 4. The summed E-state index contributed by atoms with van der Waals surface area (Å²) in [5, 5.41) is 2.77. The van der Waals surface area contributed by atoms with E-state index in [0.717, 1.165) is 12.8 Å². The van der Waals surface area contributed by atoms with Gasteiger partial charge >= 0.3 is 0 Å². The SMILES string of the molecule is C#CCOc1ccc(C(C)=O)cc1C(=O)NCCCCCC(N)=O. The number of ketones is 1. The molecule has 0 heterocycles. The lowest BCUT2D eigenvalue weighted by Gasteiger charge is -2.11. The Morgan fingerprint density at radius 1 is 1.25 bits per heavy atom. The lowest BCUT2D eigenvalue weighted by Crippen LogP contribution is -2.25. The first-order valence-corrected chi connectivity index (χ1v) is 7.73. The highest BCUT2D eigenvalue weighted by atomic mass is 16.5. The van der Waals surface area contributed by atoms with Crippen LogP contribution in [-0.2, 0) is 4.79 Å². The number of nitrogens with two attached hydrogens (primary N) is 1. The summed E-state index contributed by atoms with van der Waals surface area (Å²) in [5.74, 6) is 1.88. The summed E-state index contributed by atoms with van der Waals surface area (Å²) in [6, 6.07) is 4.65. The number of amides is 2. The van der Waals surface area contributed by atoms with Crippen molar-refractivity contribution < 1.29 is 19.1 Å². The zero-order valence-corrected chi connectivity index (χ0v) is 13.8. The minimum absolute atomic E-state index is 0.0345. The zero-order valence-electron chi connectivity index (χ0n) is 13.8. The van der Waals surface area contributed by atoms with Crippen LogP contribution in [0.5, 0.6) is 5.75 Å². The van der Waals surface area contributed by atoms with Crippen molar-refractivity contribution in [3.63, 3.8) is 0 Å². The third-order valence-corrected chi connectivity index (χ3v) is 3.33. The van der Waals surface area contributed by atoms with Crippen LogP contribution in [0.15, 0.2) is 18.2 Å². The number of primary amides is 1. The number of terminal acetylenes is 1. The Labute approximate surface area is 141 Å². The first kappa shape index (κ1) is 19.2. The molecule has 0 saturated carbocycles. The van der Waals surface area contributed by atoms with E-state index < -0.39 is 0 Å². The van der Waals surface area contributed by atoms with E-state index in [-0.39, 0.29) is 29.8 Å². The maximum atomic E-state index is 12.3. The van der Waals surface area contributed by atoms with Gasteiger partial charge in [0, 0.05) is 18.5 Å². The molecule has 0 aromatic heterocycles. The van der Waals surface area contributed by atoms with Crippen LogP contribution in [0.1, 0.15) is 53.3 Å². The molecule has 0 saturated heterocycles. The van der Waals surface area contributed by atoms with Crippen molar-refractivity contribution in [1.82, 2.24) is 5.32 Å². The number of rotatable bonds is 10. The highest BCUT2D eigenvalue weighted by Crippen LogP contribution is 2.20. The number of nitrogens with one attached hydrogen (secondary N) is 1. The lowest BCUT2D eigenvalue weighted by molar-refractivity contribution is -0.118. The van der Waals surface area contributed by atoms with Crippen molar-refractivity contribution in [3.05, 3.63) is 29.3 Å². The Morgan fingerprint density at radius 2 is 2.00 bits per heavy atom. The maximum absolute atomic E-state index is 12.3. The smallest absolute Gasteiger partial charge is 0.255 e. The molecular formula is C18H22N2O4. The van der Waals surface area contributed by atoms with Crippen LogP contribution >= 0.6 is 0 Å². The van der Waals surface area contributed by atoms with Crippen molar-refractivity contribution in [2.45, 2.75) is 32.6 Å². The topological polar surface area (TPSA) is 98.5 Å². The van der Waals surface area contributed by atoms with Crippen LogP contribution in [0.3, 0.4) is 0 Å². The molecule has 2 amide bonds. The van der Waals surface area contributed by atoms with Crippen LogP contribution in [0.2, 0.25) is 0 Å². The van der Waals surface area contributed by atoms with Crippen LogP contribution in [0, 0.1) is 12.3 Å². The molecule has 0 spiro atoms. The van der Waals surface area contributed by atoms with E-state index in [0.29, 0.717) is 30.7 Å². The summed E-state index contributed by atoms with van der Waals surface area (Å²) in [6.07, 6.45) is 7.72. The summed E-state index contributed by atoms with van der Waals surface area (Å²) in [7, 11) is 0. The molecule has 1 aromatic rings. The van der Waals surface area contributed by atoms with E-state index in [2.05, 4.69) is 11.2 Å². The monoisotopic (exact) mass is 330 g/mol. The second kappa shape index (κ2) is 10.1. The van der Waals surface area contributed by atoms with Gasteiger partial charge in [-0.3, -0.25) is 14.4 Å². The van der Waals surface area contributed by atoms with E-state index in [4.69, 9.17) is 16.9 Å². The zero-order chi connectivity index (χ0) is 17.9. The molecule has 6 heteroatoms. The molecule has 1 rings (SSSR count). The van der Waals surface area contributed by atoms with E-state index in [1.165, 1.54) is 13.0 Å². The van der Waals surface area contributed by atoms with Crippen molar-refractivity contribution in [1.29, 1.82) is 0 Å². The number of unbranched alkanes of at least 4 members (excludes halogenated alkanes) is 2. The Kier molecular flexibility index (Phi) is 8.06. The number of carbonyl (C=O) groups excluding carboxylic acids is 3. The quantitative estimate of drug-likeness (QED) is 0.387. The Morgan fingerprint density at radius 3 is 2.62 bits per heavy atom. The summed E-state index contributed by atoms with van der Waals surface area (Å²) >= 11 is 0. The first-order chi connectivity index (χ1) is 11.5. The molecule has 0 atom stereocenters. The van der Waals surface area contributed by atoms with Gasteiger partial charge in [-0.25, -0.2) is 0 Å². The van der Waals surface area contributed by atoms with Gasteiger partial charge in [0.2, 0.25) is 5.91 Å². The van der Waals surface area contributed by atoms with Gasteiger partial charge in [0.05, 0.1) is 5.56 Å². The lowest BCUT2D eigenvalue weighted by atomic mass is 10.1. The summed E-state index contributed by atoms with van der Waals surface area (Å²) in [6.45, 7) is 1.92. The number of benzene rings is 1. The first-order valence-electron chi connectivity index (χ1n) is 7.73. The average molecular weight is 330 g/mol. The molecule has 6 nitrogen and oxygen atoms in total. The number of carbonyl (C=O) groups is 3. The second-order valence-electron chi connectivity index (χ2n) is 5.29. The van der Waals surface area contributed by atoms with Crippen LogP contribution in [0.25, 0.3) is 0 Å². The summed E-state index contributed by atoms with van der Waals surface area (Å²) < 4.78 is 5.35. The molecule has 1 aromatic carbocycles. The van der Waals surface area contributed by atoms with E-state index in [1.54, 1.807) is 12.1 Å². The standard InChI is InChI=1S/C18H22N2O4/c1-3-11-24-16-9-8-14(13(2)21)12-15(16)18(23)20-10-6-4-5-7-17(19)22/h1,8-9,12H,4-7,10-11H2,2H3,(H2,19,22)(H,20,23). The minimum atomic E-state index is -0.333. The molecule has 0 aliphatic carbocycles. The highest BCUT2D eigenvalue weighted by molar-refractivity contribution is 6.01. The Bertz CT molecular complexity index is 647. The second-order valence-corrected chi connectivity index (χ2v) is 5.29. The van der Waals surface area contributed by atoms with E-state index >= 15 is 0 Å². The third kappa shape index (κ3) is 6.53. The van der Waals surface area contributed by atoms with Gasteiger partial charge in [0.25, 0.3) is 5.91 Å². The van der Waals surface area contributed by atoms with Gasteiger partial charge in [-0.15, -0.1) is 6.42 Å². The van der Waals surface area contributed by atoms with Crippen LogP contribution < -0.4 is 15.8 Å². The highest BCUT2D eigenvalue weighted by Gasteiger charge is 2.14. The summed E-state index contributed by atoms with van der Waals surface area (Å²) in [4.78, 5) is 34.4. The molecule has 0 fully saturated rings. The molecule has 0 radical (unpaired) electrons. The van der Waals surface area contributed by atoms with Gasteiger partial charge in [-0.2, -0.15) is 0 Å². The van der Waals surface area contributed by atoms with Crippen molar-refractivity contribution in [2.75, 3.05) is 13.2 Å². The molecule has 0 unspecified atom stereocenters. The van der Waals surface area contributed by atoms with Gasteiger partial charge in [0.1, 0.15) is 12.4 Å². The van der Waals surface area contributed by atoms with Crippen molar-refractivity contribution >= 4 is 17.6 Å². The van der Waals surface area contributed by atoms with E-state index in [9.17, 15) is 14.4 Å². The molecule has 3 N–H and O–H groups in total. The molecular weight excluding hydrogens is 308 g/mol. The van der Waals surface area contributed by atoms with Crippen LogP contribution in [0.4, 0.5) is 0 Å². The predicted molar refractivity (Wildman–Crippen MR) is 90.8 cm³/mol. The van der Waals surface area contributed by atoms with Crippen molar-refractivity contribution in [3.8, 4) is 18.1 Å². The largest absolute Gasteiger partial charge is 0.480 e. The Balaban J connectivity index is 2.66. The molecule has 0 aliphatic rings. The predicted octanol–water partition coefficient (Wildman–Crippen LogP) is 1.68. The molecule has 0 aliphatic heterocycles. The van der Waals surface area contributed by atoms with Gasteiger partial charge < -0.3 is 15.8 Å². The maximum Gasteiger partial charge on any atom is 0.255 e. The number of Topliss-reactive ketones (excluding diaryl/α,β-unsaturated/α-hetero) is 1. The summed E-state index contributed by atoms with van der Waals surface area (Å²) in [5.41, 5.74) is 5.76. The average Bonchev–Trinajstić information content (AvgIpc) is 2.55. The van der Waals surface area contributed by atoms with Gasteiger partial charge in [-0.1, -0.05) is 12.3 Å². The number of hydrogen-bond donors (Lipinski definition) is 2. The van der Waals surface area contributed by atoms with Gasteiger partial charge in [-0.05, 0) is 38.0 Å². The third-order valence-electron chi connectivity index (χ3n) is 3.33. The number of ether oxygens (including phenoxy) is 1. The minimum Gasteiger partial charge on any atom is -0.480 e. The fourth-order valence-electron chi connectivity index (χ4n) is 2.07. The van der Waals surface area contributed by atoms with Crippen LogP contribution in [-0.4, -0.2) is 30.7 Å². The Hall–Kier alpha value is -2.81. The fraction of sp³-hybridized carbons (Fsp3) is 0.389. The normalized spacial score (nSPS) is 9.83.